The topological polar surface area (TPSA) is 43.1 Å². The van der Waals surface area contributed by atoms with Gasteiger partial charge in [0.2, 0.25) is 0 Å². The predicted molar refractivity (Wildman–Crippen MR) is 33.5 cm³/mol. The number of carbonyl (C=O) groups excluding carboxylic acids is 1. The molecule has 0 saturated heterocycles. The second-order valence-electron chi connectivity index (χ2n) is 1.42. The van der Waals surface area contributed by atoms with E-state index in [1.165, 1.54) is 7.05 Å². The fourth-order valence-electron chi connectivity index (χ4n) is 0.513. The van der Waals surface area contributed by atoms with E-state index in [0.29, 0.717) is 18.6 Å². The van der Waals surface area contributed by atoms with Crippen LogP contribution in [0.1, 0.15) is 12.8 Å². The highest BCUT2D eigenvalue weighted by Gasteiger charge is 1.99. The van der Waals surface area contributed by atoms with Gasteiger partial charge in [-0.2, -0.15) is 0 Å². The molecule has 0 amide bonds. The largest absolute Gasteiger partial charge is 0.333 e. The molecule has 46 valence electrons. The molecule has 0 aromatic rings. The molecule has 2 N–H and O–H groups in total. The van der Waals surface area contributed by atoms with Gasteiger partial charge in [0.25, 0.3) is 0 Å². The minimum absolute atomic E-state index is 0.343. The second kappa shape index (κ2) is 4.53. The molecule has 0 saturated carbocycles. The van der Waals surface area contributed by atoms with E-state index in [1.54, 1.807) is 0 Å². The predicted octanol–water partition coefficient (Wildman–Crippen LogP) is 0.480. The molecule has 1 rings (SSSR count). The van der Waals surface area contributed by atoms with Gasteiger partial charge in [0.15, 0.2) is 0 Å². The first-order valence-electron chi connectivity index (χ1n) is 2.64. The normalized spacial score (nSPS) is 15.5. The van der Waals surface area contributed by atoms with Crippen LogP contribution in [0.15, 0.2) is 12.2 Å². The fraction of sp³-hybridized carbons (Fsp3) is 0.500. The van der Waals surface area contributed by atoms with E-state index in [2.05, 4.69) is 5.73 Å². The highest BCUT2D eigenvalue weighted by molar-refractivity contribution is 5.83. The van der Waals surface area contributed by atoms with Crippen molar-refractivity contribution in [3.05, 3.63) is 12.2 Å². The second-order valence-corrected chi connectivity index (χ2v) is 1.42. The third-order valence-electron chi connectivity index (χ3n) is 0.858. The van der Waals surface area contributed by atoms with Crippen molar-refractivity contribution >= 4 is 5.78 Å². The van der Waals surface area contributed by atoms with Crippen LogP contribution in [0.4, 0.5) is 0 Å². The molecule has 8 heavy (non-hydrogen) atoms. The Morgan fingerprint density at radius 1 is 1.38 bits per heavy atom. The summed E-state index contributed by atoms with van der Waals surface area (Å²) in [4.78, 5) is 10.2. The Balaban J connectivity index is 0.000000222. The first-order chi connectivity index (χ1) is 3.89. The average molecular weight is 113 g/mol. The average Bonchev–Trinajstić information content (AvgIpc) is 2.24. The third kappa shape index (κ3) is 2.53. The lowest BCUT2D eigenvalue weighted by atomic mass is 10.3. The van der Waals surface area contributed by atoms with Gasteiger partial charge in [-0.1, -0.05) is 12.2 Å². The smallest absolute Gasteiger partial charge is 0.140 e. The minimum Gasteiger partial charge on any atom is -0.333 e. The maximum atomic E-state index is 10.2. The lowest BCUT2D eigenvalue weighted by Gasteiger charge is -1.72. The number of carbonyl (C=O) groups is 1. The van der Waals surface area contributed by atoms with Gasteiger partial charge in [0, 0.05) is 12.8 Å². The zero-order chi connectivity index (χ0) is 6.41. The molecule has 0 aromatic heterocycles. The Labute approximate surface area is 49.4 Å². The van der Waals surface area contributed by atoms with Gasteiger partial charge in [-0.05, 0) is 7.05 Å². The van der Waals surface area contributed by atoms with Crippen molar-refractivity contribution in [2.75, 3.05) is 7.05 Å². The fourth-order valence-corrected chi connectivity index (χ4v) is 0.513. The van der Waals surface area contributed by atoms with Crippen LogP contribution in [0.5, 0.6) is 0 Å². The van der Waals surface area contributed by atoms with E-state index in [9.17, 15) is 4.79 Å². The van der Waals surface area contributed by atoms with Crippen molar-refractivity contribution < 1.29 is 4.79 Å². The summed E-state index contributed by atoms with van der Waals surface area (Å²) >= 11 is 0. The maximum absolute atomic E-state index is 10.2. The van der Waals surface area contributed by atoms with Gasteiger partial charge in [-0.25, -0.2) is 0 Å². The van der Waals surface area contributed by atoms with Gasteiger partial charge < -0.3 is 5.73 Å². The number of Topliss-reactive ketones (excluding diaryl/α,β-unsaturated/α-hetero) is 1. The standard InChI is InChI=1S/C5H6O.CH5N/c6-5-3-1-2-4-5;1-2/h1-2H,3-4H2;2H2,1H3. The number of nitrogens with two attached hydrogens (primary N) is 1. The molecule has 1 aliphatic rings. The zero-order valence-corrected chi connectivity index (χ0v) is 5.05. The Morgan fingerprint density at radius 2 is 1.75 bits per heavy atom. The number of hydrogen-bond acceptors (Lipinski definition) is 2. The van der Waals surface area contributed by atoms with Crippen molar-refractivity contribution in [3.8, 4) is 0 Å². The van der Waals surface area contributed by atoms with Crippen LogP contribution >= 0.6 is 0 Å². The van der Waals surface area contributed by atoms with E-state index < -0.39 is 0 Å². The molecule has 1 aliphatic carbocycles. The molecule has 0 heterocycles. The molecule has 0 atom stereocenters. The van der Waals surface area contributed by atoms with E-state index in [4.69, 9.17) is 0 Å². The lowest BCUT2D eigenvalue weighted by molar-refractivity contribution is -0.116. The molecule has 2 heteroatoms. The number of rotatable bonds is 0. The monoisotopic (exact) mass is 113 g/mol. The van der Waals surface area contributed by atoms with Crippen LogP contribution in [-0.4, -0.2) is 12.8 Å². The van der Waals surface area contributed by atoms with Crippen LogP contribution in [0.3, 0.4) is 0 Å². The molecular weight excluding hydrogens is 102 g/mol. The highest BCUT2D eigenvalue weighted by Crippen LogP contribution is 2.00. The number of hydrogen-bond donors (Lipinski definition) is 1. The molecule has 0 bridgehead atoms. The summed E-state index contributed by atoms with van der Waals surface area (Å²) in [6.07, 6.45) is 5.14. The van der Waals surface area contributed by atoms with Crippen LogP contribution in [0.25, 0.3) is 0 Å². The maximum Gasteiger partial charge on any atom is 0.140 e. The van der Waals surface area contributed by atoms with Crippen molar-refractivity contribution in [1.82, 2.24) is 0 Å². The molecule has 0 spiro atoms. The van der Waals surface area contributed by atoms with Crippen LogP contribution < -0.4 is 5.73 Å². The molecule has 0 aliphatic heterocycles. The summed E-state index contributed by atoms with van der Waals surface area (Å²) in [7, 11) is 1.50. The van der Waals surface area contributed by atoms with E-state index in [0.717, 1.165) is 0 Å². The van der Waals surface area contributed by atoms with E-state index >= 15 is 0 Å². The van der Waals surface area contributed by atoms with Gasteiger partial charge in [-0.15, -0.1) is 0 Å². The molecule has 0 fully saturated rings. The third-order valence-corrected chi connectivity index (χ3v) is 0.858. The summed E-state index contributed by atoms with van der Waals surface area (Å²) in [5.41, 5.74) is 4.50. The molecular formula is C6H11NO. The molecule has 0 unspecified atom stereocenters. The van der Waals surface area contributed by atoms with E-state index in [1.807, 2.05) is 12.2 Å². The Kier molecular flexibility index (Phi) is 4.17. The minimum atomic E-state index is 0.343. The van der Waals surface area contributed by atoms with Gasteiger partial charge in [0.1, 0.15) is 5.78 Å². The summed E-state index contributed by atoms with van der Waals surface area (Å²) in [6, 6.07) is 0. The first-order valence-corrected chi connectivity index (χ1v) is 2.64. The number of ketones is 1. The van der Waals surface area contributed by atoms with Crippen LogP contribution in [-0.2, 0) is 4.79 Å². The SMILES string of the molecule is CN.O=C1CC=CC1. The summed E-state index contributed by atoms with van der Waals surface area (Å²) in [5, 5.41) is 0. The summed E-state index contributed by atoms with van der Waals surface area (Å²) in [5.74, 6) is 0.343. The van der Waals surface area contributed by atoms with Crippen molar-refractivity contribution in [2.45, 2.75) is 12.8 Å². The van der Waals surface area contributed by atoms with Crippen LogP contribution in [0, 0.1) is 0 Å². The van der Waals surface area contributed by atoms with Gasteiger partial charge in [0.05, 0.1) is 0 Å². The highest BCUT2D eigenvalue weighted by atomic mass is 16.1. The van der Waals surface area contributed by atoms with Crippen molar-refractivity contribution in [3.63, 3.8) is 0 Å². The van der Waals surface area contributed by atoms with Gasteiger partial charge >= 0.3 is 0 Å². The Morgan fingerprint density at radius 3 is 1.88 bits per heavy atom. The molecule has 0 aromatic carbocycles. The van der Waals surface area contributed by atoms with Crippen molar-refractivity contribution in [2.24, 2.45) is 5.73 Å². The van der Waals surface area contributed by atoms with Gasteiger partial charge in [-0.3, -0.25) is 4.79 Å². The Hall–Kier alpha value is -0.630. The molecule has 2 nitrogen and oxygen atoms in total. The van der Waals surface area contributed by atoms with Crippen molar-refractivity contribution in [1.29, 1.82) is 0 Å². The lowest BCUT2D eigenvalue weighted by Crippen LogP contribution is -1.83. The van der Waals surface area contributed by atoms with E-state index in [-0.39, 0.29) is 0 Å². The number of allylic oxidation sites excluding steroid dienone is 2. The van der Waals surface area contributed by atoms with Crippen LogP contribution in [0.2, 0.25) is 0 Å². The quantitative estimate of drug-likeness (QED) is 0.464. The summed E-state index contributed by atoms with van der Waals surface area (Å²) in [6.45, 7) is 0. The Bertz CT molecular complexity index is 86.7. The molecule has 0 radical (unpaired) electrons. The zero-order valence-electron chi connectivity index (χ0n) is 5.05. The first kappa shape index (κ1) is 7.37. The summed E-state index contributed by atoms with van der Waals surface area (Å²) < 4.78 is 0.